The first-order valence-electron chi connectivity index (χ1n) is 4.51. The minimum atomic E-state index is 0.196. The summed E-state index contributed by atoms with van der Waals surface area (Å²) in [6.07, 6.45) is 1.60. The smallest absolute Gasteiger partial charge is 0.222 e. The highest BCUT2D eigenvalue weighted by atomic mass is 35.5. The largest absolute Gasteiger partial charge is 0.337 e. The van der Waals surface area contributed by atoms with Gasteiger partial charge >= 0.3 is 0 Å². The van der Waals surface area contributed by atoms with Gasteiger partial charge in [0.15, 0.2) is 5.15 Å². The summed E-state index contributed by atoms with van der Waals surface area (Å²) in [4.78, 5) is 13.1. The molecule has 0 bridgehead atoms. The second-order valence-corrected chi connectivity index (χ2v) is 3.65. The van der Waals surface area contributed by atoms with Gasteiger partial charge in [-0.05, 0) is 18.6 Å². The number of nitrogens with zero attached hydrogens (tertiary/aromatic N) is 3. The molecule has 0 spiro atoms. The molecule has 1 amide bonds. The molecule has 74 valence electrons. The van der Waals surface area contributed by atoms with Gasteiger partial charge < -0.3 is 4.90 Å². The van der Waals surface area contributed by atoms with E-state index >= 15 is 0 Å². The number of likely N-dealkylation sites (tertiary alicyclic amines) is 1. The minimum Gasteiger partial charge on any atom is -0.337 e. The number of aromatic nitrogens is 2. The van der Waals surface area contributed by atoms with Crippen LogP contribution < -0.4 is 0 Å². The fraction of sp³-hybridized carbons (Fsp3) is 0.444. The minimum absolute atomic E-state index is 0.196. The lowest BCUT2D eigenvalue weighted by Crippen LogP contribution is -2.24. The first-order chi connectivity index (χ1) is 6.75. The summed E-state index contributed by atoms with van der Waals surface area (Å²) in [7, 11) is 0. The molecule has 0 atom stereocenters. The summed E-state index contributed by atoms with van der Waals surface area (Å²) >= 11 is 5.60. The van der Waals surface area contributed by atoms with E-state index in [0.717, 1.165) is 18.7 Å². The van der Waals surface area contributed by atoms with E-state index in [1.54, 1.807) is 17.0 Å². The fourth-order valence-corrected chi connectivity index (χ4v) is 1.60. The summed E-state index contributed by atoms with van der Waals surface area (Å²) in [5.41, 5.74) is 0.782. The van der Waals surface area contributed by atoms with Crippen LogP contribution in [0.3, 0.4) is 0 Å². The van der Waals surface area contributed by atoms with Crippen molar-refractivity contribution in [3.8, 4) is 0 Å². The highest BCUT2D eigenvalue weighted by molar-refractivity contribution is 6.29. The van der Waals surface area contributed by atoms with Gasteiger partial charge in [0.05, 0.1) is 12.2 Å². The van der Waals surface area contributed by atoms with Gasteiger partial charge in [0, 0.05) is 13.0 Å². The second-order valence-electron chi connectivity index (χ2n) is 3.27. The van der Waals surface area contributed by atoms with Gasteiger partial charge in [-0.25, -0.2) is 0 Å². The lowest BCUT2D eigenvalue weighted by molar-refractivity contribution is -0.128. The van der Waals surface area contributed by atoms with Gasteiger partial charge in [-0.15, -0.1) is 5.10 Å². The second kappa shape index (κ2) is 3.92. The van der Waals surface area contributed by atoms with Crippen LogP contribution in [0, 0.1) is 0 Å². The number of carbonyl (C=O) groups is 1. The van der Waals surface area contributed by atoms with Gasteiger partial charge in [0.25, 0.3) is 0 Å². The van der Waals surface area contributed by atoms with E-state index in [1.807, 2.05) is 0 Å². The van der Waals surface area contributed by atoms with Crippen molar-refractivity contribution >= 4 is 17.5 Å². The number of carbonyl (C=O) groups excluding carboxylic acids is 1. The lowest BCUT2D eigenvalue weighted by atomic mass is 10.3. The summed E-state index contributed by atoms with van der Waals surface area (Å²) in [6, 6.07) is 3.48. The molecule has 0 aliphatic carbocycles. The Bertz CT molecular complexity index is 338. The van der Waals surface area contributed by atoms with Crippen molar-refractivity contribution in [3.05, 3.63) is 23.0 Å². The normalized spacial score (nSPS) is 16.4. The molecule has 1 aliphatic rings. The molecule has 0 N–H and O–H groups in total. The Morgan fingerprint density at radius 1 is 1.43 bits per heavy atom. The maximum absolute atomic E-state index is 11.3. The summed E-state index contributed by atoms with van der Waals surface area (Å²) in [5, 5.41) is 8.00. The number of rotatable bonds is 2. The van der Waals surface area contributed by atoms with Crippen LogP contribution in [0.4, 0.5) is 0 Å². The van der Waals surface area contributed by atoms with Gasteiger partial charge in [0.2, 0.25) is 5.91 Å². The average Bonchev–Trinajstić information content (AvgIpc) is 2.56. The third-order valence-corrected chi connectivity index (χ3v) is 2.41. The summed E-state index contributed by atoms with van der Waals surface area (Å²) in [5.74, 6) is 0.196. The van der Waals surface area contributed by atoms with E-state index in [0.29, 0.717) is 18.1 Å². The zero-order valence-corrected chi connectivity index (χ0v) is 8.37. The fourth-order valence-electron chi connectivity index (χ4n) is 1.49. The topological polar surface area (TPSA) is 46.1 Å². The SMILES string of the molecule is O=C1CCCN1Cc1ccc(Cl)nn1. The third kappa shape index (κ3) is 2.01. The molecule has 0 saturated carbocycles. The molecule has 14 heavy (non-hydrogen) atoms. The highest BCUT2D eigenvalue weighted by Gasteiger charge is 2.20. The number of hydrogen-bond donors (Lipinski definition) is 0. The van der Waals surface area contributed by atoms with E-state index in [2.05, 4.69) is 10.2 Å². The van der Waals surface area contributed by atoms with Gasteiger partial charge in [-0.3, -0.25) is 4.79 Å². The Morgan fingerprint density at radius 2 is 2.29 bits per heavy atom. The maximum Gasteiger partial charge on any atom is 0.222 e. The molecule has 1 fully saturated rings. The predicted molar refractivity (Wildman–Crippen MR) is 51.7 cm³/mol. The Morgan fingerprint density at radius 3 is 2.86 bits per heavy atom. The van der Waals surface area contributed by atoms with Crippen LogP contribution in [0.5, 0.6) is 0 Å². The molecule has 5 heteroatoms. The molecule has 0 radical (unpaired) electrons. The van der Waals surface area contributed by atoms with E-state index in [4.69, 9.17) is 11.6 Å². The first kappa shape index (κ1) is 9.40. The molecule has 2 rings (SSSR count). The standard InChI is InChI=1S/C9H10ClN3O/c10-8-4-3-7(11-12-8)6-13-5-1-2-9(13)14/h3-4H,1-2,5-6H2. The van der Waals surface area contributed by atoms with Crippen LogP contribution >= 0.6 is 11.6 Å². The quantitative estimate of drug-likeness (QED) is 0.740. The molecule has 1 aromatic rings. The third-order valence-electron chi connectivity index (χ3n) is 2.21. The van der Waals surface area contributed by atoms with Crippen molar-refractivity contribution in [1.29, 1.82) is 0 Å². The average molecular weight is 212 g/mol. The number of halogens is 1. The van der Waals surface area contributed by atoms with E-state index in [9.17, 15) is 4.79 Å². The first-order valence-corrected chi connectivity index (χ1v) is 4.89. The van der Waals surface area contributed by atoms with Crippen LogP contribution in [0.15, 0.2) is 12.1 Å². The van der Waals surface area contributed by atoms with Crippen molar-refractivity contribution in [3.63, 3.8) is 0 Å². The Labute approximate surface area is 86.9 Å². The lowest BCUT2D eigenvalue weighted by Gasteiger charge is -2.13. The van der Waals surface area contributed by atoms with Crippen LogP contribution in [-0.4, -0.2) is 27.5 Å². The molecule has 0 unspecified atom stereocenters. The van der Waals surface area contributed by atoms with Crippen molar-refractivity contribution in [1.82, 2.24) is 15.1 Å². The van der Waals surface area contributed by atoms with Crippen LogP contribution in [-0.2, 0) is 11.3 Å². The molecule has 1 aliphatic heterocycles. The van der Waals surface area contributed by atoms with Crippen molar-refractivity contribution in [2.24, 2.45) is 0 Å². The van der Waals surface area contributed by atoms with Crippen LogP contribution in [0.1, 0.15) is 18.5 Å². The van der Waals surface area contributed by atoms with Crippen molar-refractivity contribution in [2.45, 2.75) is 19.4 Å². The number of hydrogen-bond acceptors (Lipinski definition) is 3. The molecule has 1 aromatic heterocycles. The molecule has 0 aromatic carbocycles. The van der Waals surface area contributed by atoms with E-state index < -0.39 is 0 Å². The molecule has 4 nitrogen and oxygen atoms in total. The summed E-state index contributed by atoms with van der Waals surface area (Å²) in [6.45, 7) is 1.37. The van der Waals surface area contributed by atoms with E-state index in [1.165, 1.54) is 0 Å². The Hall–Kier alpha value is -1.16. The van der Waals surface area contributed by atoms with Crippen LogP contribution in [0.25, 0.3) is 0 Å². The Balaban J connectivity index is 2.03. The van der Waals surface area contributed by atoms with E-state index in [-0.39, 0.29) is 5.91 Å². The Kier molecular flexibility index (Phi) is 2.63. The maximum atomic E-state index is 11.3. The molecular formula is C9H10ClN3O. The van der Waals surface area contributed by atoms with Gasteiger partial charge in [-0.1, -0.05) is 11.6 Å². The van der Waals surface area contributed by atoms with Gasteiger partial charge in [-0.2, -0.15) is 5.10 Å². The molecule has 1 saturated heterocycles. The zero-order valence-electron chi connectivity index (χ0n) is 7.61. The summed E-state index contributed by atoms with van der Waals surface area (Å²) < 4.78 is 0. The molecule has 2 heterocycles. The number of amides is 1. The zero-order chi connectivity index (χ0) is 9.97. The van der Waals surface area contributed by atoms with Crippen LogP contribution in [0.2, 0.25) is 5.15 Å². The molecular weight excluding hydrogens is 202 g/mol. The predicted octanol–water partition coefficient (Wildman–Crippen LogP) is 1.25. The highest BCUT2D eigenvalue weighted by Crippen LogP contribution is 2.13. The van der Waals surface area contributed by atoms with Crippen molar-refractivity contribution < 1.29 is 4.79 Å². The monoisotopic (exact) mass is 211 g/mol. The van der Waals surface area contributed by atoms with Gasteiger partial charge in [0.1, 0.15) is 0 Å². The van der Waals surface area contributed by atoms with Crippen molar-refractivity contribution in [2.75, 3.05) is 6.54 Å².